The Morgan fingerprint density at radius 2 is 2.07 bits per heavy atom. The van der Waals surface area contributed by atoms with Gasteiger partial charge in [-0.2, -0.15) is 0 Å². The second-order valence-electron chi connectivity index (χ2n) is 5.83. The van der Waals surface area contributed by atoms with E-state index in [1.54, 1.807) is 0 Å². The lowest BCUT2D eigenvalue weighted by molar-refractivity contribution is -0.138. The molecule has 84 valence electrons. The largest absolute Gasteiger partial charge is 0.377 e. The van der Waals surface area contributed by atoms with Gasteiger partial charge in [0.25, 0.3) is 0 Å². The molecule has 3 nitrogen and oxygen atoms in total. The lowest BCUT2D eigenvalue weighted by Gasteiger charge is -2.54. The van der Waals surface area contributed by atoms with Gasteiger partial charge in [-0.15, -0.1) is 0 Å². The van der Waals surface area contributed by atoms with Gasteiger partial charge in [0.15, 0.2) is 0 Å². The Kier molecular flexibility index (Phi) is 1.91. The monoisotopic (exact) mass is 209 g/mol. The second-order valence-corrected chi connectivity index (χ2v) is 5.83. The molecule has 0 bridgehead atoms. The maximum Gasteiger partial charge on any atom is 0.223 e. The third kappa shape index (κ3) is 1.32. The van der Waals surface area contributed by atoms with Crippen LogP contribution in [-0.4, -0.2) is 24.7 Å². The molecule has 1 heterocycles. The second kappa shape index (κ2) is 2.97. The van der Waals surface area contributed by atoms with E-state index in [4.69, 9.17) is 4.74 Å². The third-order valence-electron chi connectivity index (χ3n) is 4.35. The van der Waals surface area contributed by atoms with Crippen LogP contribution in [0.2, 0.25) is 0 Å². The highest BCUT2D eigenvalue weighted by Gasteiger charge is 2.60. The molecule has 3 heteroatoms. The van der Waals surface area contributed by atoms with Crippen molar-refractivity contribution in [3.05, 3.63) is 0 Å². The molecule has 0 aromatic rings. The van der Waals surface area contributed by atoms with Crippen molar-refractivity contribution in [3.8, 4) is 0 Å². The summed E-state index contributed by atoms with van der Waals surface area (Å²) in [5.74, 6) is 1.17. The van der Waals surface area contributed by atoms with Gasteiger partial charge in [0.1, 0.15) is 0 Å². The predicted molar refractivity (Wildman–Crippen MR) is 56.3 cm³/mol. The van der Waals surface area contributed by atoms with Crippen LogP contribution in [0.25, 0.3) is 0 Å². The Morgan fingerprint density at radius 1 is 1.33 bits per heavy atom. The summed E-state index contributed by atoms with van der Waals surface area (Å²) in [5, 5.41) is 3.22. The Morgan fingerprint density at radius 3 is 2.73 bits per heavy atom. The smallest absolute Gasteiger partial charge is 0.223 e. The summed E-state index contributed by atoms with van der Waals surface area (Å²) in [6.45, 7) is 5.28. The molecule has 1 aliphatic heterocycles. The van der Waals surface area contributed by atoms with Gasteiger partial charge in [-0.3, -0.25) is 4.79 Å². The van der Waals surface area contributed by atoms with Crippen LogP contribution in [0.3, 0.4) is 0 Å². The fourth-order valence-electron chi connectivity index (χ4n) is 3.23. The SMILES string of the molecule is CC1(C)C(NC(=O)C2CC2)C2CCOC21. The summed E-state index contributed by atoms with van der Waals surface area (Å²) in [6, 6.07) is 0.345. The molecule has 1 N–H and O–H groups in total. The fraction of sp³-hybridized carbons (Fsp3) is 0.917. The minimum Gasteiger partial charge on any atom is -0.377 e. The van der Waals surface area contributed by atoms with Crippen LogP contribution in [0.4, 0.5) is 0 Å². The van der Waals surface area contributed by atoms with Gasteiger partial charge >= 0.3 is 0 Å². The van der Waals surface area contributed by atoms with Gasteiger partial charge in [0, 0.05) is 29.9 Å². The predicted octanol–water partition coefficient (Wildman–Crippen LogP) is 1.33. The standard InChI is InChI=1S/C12H19NO2/c1-12(2)9(8-5-6-15-10(8)12)13-11(14)7-3-4-7/h7-10H,3-6H2,1-2H3,(H,13,14). The number of amides is 1. The molecule has 1 amide bonds. The van der Waals surface area contributed by atoms with E-state index in [1.165, 1.54) is 0 Å². The van der Waals surface area contributed by atoms with Crippen LogP contribution in [-0.2, 0) is 9.53 Å². The van der Waals surface area contributed by atoms with Gasteiger partial charge < -0.3 is 10.1 Å². The molecule has 0 aromatic heterocycles. The average molecular weight is 209 g/mol. The number of hydrogen-bond donors (Lipinski definition) is 1. The molecule has 0 spiro atoms. The van der Waals surface area contributed by atoms with E-state index in [1.807, 2.05) is 0 Å². The molecular formula is C12H19NO2. The molecule has 2 aliphatic carbocycles. The number of rotatable bonds is 2. The first-order chi connectivity index (χ1) is 7.10. The summed E-state index contributed by atoms with van der Waals surface area (Å²) in [7, 11) is 0. The van der Waals surface area contributed by atoms with Crippen LogP contribution < -0.4 is 5.32 Å². The van der Waals surface area contributed by atoms with Crippen LogP contribution in [0.15, 0.2) is 0 Å². The van der Waals surface area contributed by atoms with Crippen molar-refractivity contribution < 1.29 is 9.53 Å². The highest BCUT2D eigenvalue weighted by molar-refractivity contribution is 5.81. The van der Waals surface area contributed by atoms with Crippen molar-refractivity contribution >= 4 is 5.91 Å². The summed E-state index contributed by atoms with van der Waals surface area (Å²) in [5.41, 5.74) is 0.131. The topological polar surface area (TPSA) is 38.3 Å². The molecule has 3 rings (SSSR count). The number of carbonyl (C=O) groups is 1. The Balaban J connectivity index is 1.67. The van der Waals surface area contributed by atoms with E-state index in [2.05, 4.69) is 19.2 Å². The first-order valence-electron chi connectivity index (χ1n) is 6.02. The van der Waals surface area contributed by atoms with Crippen molar-refractivity contribution in [3.63, 3.8) is 0 Å². The molecule has 3 fully saturated rings. The lowest BCUT2D eigenvalue weighted by Crippen LogP contribution is -2.66. The van der Waals surface area contributed by atoms with Gasteiger partial charge in [-0.05, 0) is 19.3 Å². The summed E-state index contributed by atoms with van der Waals surface area (Å²) >= 11 is 0. The zero-order chi connectivity index (χ0) is 10.6. The first kappa shape index (κ1) is 9.64. The number of hydrogen-bond acceptors (Lipinski definition) is 2. The normalized spacial score (nSPS) is 41.9. The van der Waals surface area contributed by atoms with Gasteiger partial charge in [0.05, 0.1) is 6.10 Å². The fourth-order valence-corrected chi connectivity index (χ4v) is 3.23. The molecule has 3 aliphatic rings. The minimum atomic E-state index is 0.131. The Hall–Kier alpha value is -0.570. The van der Waals surface area contributed by atoms with E-state index < -0.39 is 0 Å². The zero-order valence-corrected chi connectivity index (χ0v) is 9.45. The van der Waals surface area contributed by atoms with E-state index >= 15 is 0 Å². The highest BCUT2D eigenvalue weighted by Crippen LogP contribution is 2.52. The number of fused-ring (bicyclic) bond motifs is 1. The minimum absolute atomic E-state index is 0.131. The molecule has 2 saturated carbocycles. The van der Waals surface area contributed by atoms with Gasteiger partial charge in [-0.1, -0.05) is 13.8 Å². The Bertz CT molecular complexity index is 296. The summed E-state index contributed by atoms with van der Waals surface area (Å²) in [6.07, 6.45) is 3.67. The van der Waals surface area contributed by atoms with E-state index in [0.29, 0.717) is 24.0 Å². The number of carbonyl (C=O) groups excluding carboxylic acids is 1. The van der Waals surface area contributed by atoms with E-state index in [9.17, 15) is 4.79 Å². The van der Waals surface area contributed by atoms with Crippen molar-refractivity contribution in [2.24, 2.45) is 17.3 Å². The van der Waals surface area contributed by atoms with Crippen LogP contribution in [0, 0.1) is 17.3 Å². The molecule has 0 aromatic carbocycles. The molecule has 15 heavy (non-hydrogen) atoms. The molecule has 3 unspecified atom stereocenters. The maximum absolute atomic E-state index is 11.7. The van der Waals surface area contributed by atoms with Crippen LogP contribution >= 0.6 is 0 Å². The van der Waals surface area contributed by atoms with Crippen LogP contribution in [0.5, 0.6) is 0 Å². The van der Waals surface area contributed by atoms with Gasteiger partial charge in [-0.25, -0.2) is 0 Å². The first-order valence-corrected chi connectivity index (χ1v) is 6.02. The molecule has 1 saturated heterocycles. The Labute approximate surface area is 90.6 Å². The summed E-state index contributed by atoms with van der Waals surface area (Å²) in [4.78, 5) is 11.7. The van der Waals surface area contributed by atoms with E-state index in [0.717, 1.165) is 25.9 Å². The number of nitrogens with one attached hydrogen (secondary N) is 1. The highest BCUT2D eigenvalue weighted by atomic mass is 16.5. The van der Waals surface area contributed by atoms with E-state index in [-0.39, 0.29) is 11.3 Å². The van der Waals surface area contributed by atoms with Gasteiger partial charge in [0.2, 0.25) is 5.91 Å². The lowest BCUT2D eigenvalue weighted by atomic mass is 9.57. The molecule has 3 atom stereocenters. The molecule has 0 radical (unpaired) electrons. The van der Waals surface area contributed by atoms with Crippen LogP contribution in [0.1, 0.15) is 33.1 Å². The third-order valence-corrected chi connectivity index (χ3v) is 4.35. The van der Waals surface area contributed by atoms with Crippen molar-refractivity contribution in [2.45, 2.75) is 45.3 Å². The summed E-state index contributed by atoms with van der Waals surface area (Å²) < 4.78 is 5.70. The average Bonchev–Trinajstić information content (AvgIpc) is 2.93. The molecular weight excluding hydrogens is 190 g/mol. The quantitative estimate of drug-likeness (QED) is 0.745. The van der Waals surface area contributed by atoms with Crippen molar-refractivity contribution in [2.75, 3.05) is 6.61 Å². The van der Waals surface area contributed by atoms with Crippen molar-refractivity contribution in [1.82, 2.24) is 5.32 Å². The maximum atomic E-state index is 11.7. The van der Waals surface area contributed by atoms with Crippen molar-refractivity contribution in [1.29, 1.82) is 0 Å². The number of ether oxygens (including phenoxy) is 1. The zero-order valence-electron chi connectivity index (χ0n) is 9.45.